The van der Waals surface area contributed by atoms with Gasteiger partial charge in [0, 0.05) is 18.0 Å². The van der Waals surface area contributed by atoms with Crippen LogP contribution in [0, 0.1) is 6.92 Å². The molecule has 0 bridgehead atoms. The number of aryl methyl sites for hydroxylation is 1. The summed E-state index contributed by atoms with van der Waals surface area (Å²) >= 11 is 0. The van der Waals surface area contributed by atoms with Crippen molar-refractivity contribution in [1.29, 1.82) is 0 Å². The van der Waals surface area contributed by atoms with E-state index in [1.165, 1.54) is 25.4 Å². The van der Waals surface area contributed by atoms with Gasteiger partial charge < -0.3 is 9.84 Å². The third kappa shape index (κ3) is 5.24. The predicted octanol–water partition coefficient (Wildman–Crippen LogP) is 6.14. The number of halogens is 6. The number of nitrogens with one attached hydrogen (secondary N) is 1. The maximum absolute atomic E-state index is 13.5. The van der Waals surface area contributed by atoms with E-state index in [4.69, 9.17) is 4.52 Å². The van der Waals surface area contributed by atoms with Crippen LogP contribution in [-0.2, 0) is 12.4 Å². The standard InChI is InChI=1S/C23H17F6N5O2/c1-12-4-3-5-18(31-12)20-9-19(33-36-20)21(35)32-15-10-30-34(11-15)13(2)16-7-6-14(22(24,25)26)8-17(16)23(27,28)29/h3-11,13H,1-2H3,(H,32,35)/t13-/m1/s1. The van der Waals surface area contributed by atoms with Gasteiger partial charge in [0.05, 0.1) is 29.1 Å². The van der Waals surface area contributed by atoms with E-state index in [9.17, 15) is 31.1 Å². The second-order valence-corrected chi connectivity index (χ2v) is 7.88. The summed E-state index contributed by atoms with van der Waals surface area (Å²) in [6.45, 7) is 3.13. The molecule has 4 rings (SSSR count). The zero-order chi connectivity index (χ0) is 26.3. The van der Waals surface area contributed by atoms with E-state index in [0.29, 0.717) is 11.8 Å². The lowest BCUT2D eigenvalue weighted by Gasteiger charge is -2.20. The van der Waals surface area contributed by atoms with Gasteiger partial charge in [0.1, 0.15) is 5.69 Å². The van der Waals surface area contributed by atoms with Crippen molar-refractivity contribution in [3.8, 4) is 11.5 Å². The molecule has 36 heavy (non-hydrogen) atoms. The Bertz CT molecular complexity index is 1410. The Morgan fingerprint density at radius 2 is 1.81 bits per heavy atom. The van der Waals surface area contributed by atoms with Gasteiger partial charge in [0.2, 0.25) is 0 Å². The van der Waals surface area contributed by atoms with Gasteiger partial charge in [-0.15, -0.1) is 0 Å². The number of pyridine rings is 1. The molecule has 0 spiro atoms. The molecule has 1 amide bonds. The Hall–Kier alpha value is -4.16. The summed E-state index contributed by atoms with van der Waals surface area (Å²) in [6.07, 6.45) is -7.51. The second-order valence-electron chi connectivity index (χ2n) is 7.88. The third-order valence-electron chi connectivity index (χ3n) is 5.28. The monoisotopic (exact) mass is 509 g/mol. The number of nitrogens with zero attached hydrogens (tertiary/aromatic N) is 4. The Balaban J connectivity index is 1.54. The minimum Gasteiger partial charge on any atom is -0.354 e. The van der Waals surface area contributed by atoms with E-state index >= 15 is 0 Å². The van der Waals surface area contributed by atoms with Crippen molar-refractivity contribution >= 4 is 11.6 Å². The number of rotatable bonds is 5. The van der Waals surface area contributed by atoms with E-state index in [0.717, 1.165) is 16.4 Å². The highest BCUT2D eigenvalue weighted by atomic mass is 19.4. The van der Waals surface area contributed by atoms with E-state index < -0.39 is 41.0 Å². The summed E-state index contributed by atoms with van der Waals surface area (Å²) in [5, 5.41) is 10.2. The van der Waals surface area contributed by atoms with Gasteiger partial charge in [0.25, 0.3) is 5.91 Å². The Kier molecular flexibility index (Phi) is 6.33. The number of aromatic nitrogens is 4. The maximum Gasteiger partial charge on any atom is 0.416 e. The first kappa shape index (κ1) is 24.9. The number of alkyl halides is 6. The molecular formula is C23H17F6N5O2. The fourth-order valence-electron chi connectivity index (χ4n) is 3.48. The average Bonchev–Trinajstić information content (AvgIpc) is 3.47. The summed E-state index contributed by atoms with van der Waals surface area (Å²) in [7, 11) is 0. The van der Waals surface area contributed by atoms with Crippen molar-refractivity contribution in [3.05, 3.63) is 82.9 Å². The minimum atomic E-state index is -5.02. The summed E-state index contributed by atoms with van der Waals surface area (Å²) < 4.78 is 85.7. The van der Waals surface area contributed by atoms with Crippen molar-refractivity contribution in [2.45, 2.75) is 32.2 Å². The molecular weight excluding hydrogens is 492 g/mol. The van der Waals surface area contributed by atoms with E-state index in [2.05, 4.69) is 20.6 Å². The topological polar surface area (TPSA) is 85.8 Å². The lowest BCUT2D eigenvalue weighted by Crippen LogP contribution is -2.17. The van der Waals surface area contributed by atoms with Crippen LogP contribution in [0.2, 0.25) is 0 Å². The first-order valence-corrected chi connectivity index (χ1v) is 10.4. The fourth-order valence-corrected chi connectivity index (χ4v) is 3.48. The molecule has 0 saturated carbocycles. The number of benzene rings is 1. The van der Waals surface area contributed by atoms with Crippen LogP contribution >= 0.6 is 0 Å². The van der Waals surface area contributed by atoms with Crippen molar-refractivity contribution < 1.29 is 35.7 Å². The molecule has 3 heterocycles. The van der Waals surface area contributed by atoms with Gasteiger partial charge in [0.15, 0.2) is 11.5 Å². The van der Waals surface area contributed by atoms with Gasteiger partial charge in [-0.05, 0) is 43.7 Å². The molecule has 1 aromatic carbocycles. The van der Waals surface area contributed by atoms with Crippen molar-refractivity contribution in [2.24, 2.45) is 0 Å². The van der Waals surface area contributed by atoms with Crippen molar-refractivity contribution in [1.82, 2.24) is 19.9 Å². The molecule has 188 valence electrons. The maximum atomic E-state index is 13.5. The molecule has 1 atom stereocenters. The first-order valence-electron chi connectivity index (χ1n) is 10.4. The minimum absolute atomic E-state index is 0.0727. The summed E-state index contributed by atoms with van der Waals surface area (Å²) in [5.41, 5.74) is -1.98. The highest BCUT2D eigenvalue weighted by Gasteiger charge is 2.39. The summed E-state index contributed by atoms with van der Waals surface area (Å²) in [5.74, 6) is -0.412. The molecule has 0 aliphatic rings. The smallest absolute Gasteiger partial charge is 0.354 e. The van der Waals surface area contributed by atoms with Gasteiger partial charge in [-0.2, -0.15) is 31.4 Å². The van der Waals surface area contributed by atoms with E-state index in [1.807, 2.05) is 0 Å². The van der Waals surface area contributed by atoms with E-state index in [-0.39, 0.29) is 23.2 Å². The lowest BCUT2D eigenvalue weighted by molar-refractivity contribution is -0.143. The predicted molar refractivity (Wildman–Crippen MR) is 115 cm³/mol. The van der Waals surface area contributed by atoms with Gasteiger partial charge >= 0.3 is 12.4 Å². The van der Waals surface area contributed by atoms with Crippen LogP contribution in [0.5, 0.6) is 0 Å². The normalized spacial score (nSPS) is 13.0. The van der Waals surface area contributed by atoms with E-state index in [1.54, 1.807) is 25.1 Å². The number of anilines is 1. The molecule has 3 aromatic heterocycles. The molecule has 0 saturated heterocycles. The van der Waals surface area contributed by atoms with Gasteiger partial charge in [-0.25, -0.2) is 4.98 Å². The number of amides is 1. The summed E-state index contributed by atoms with van der Waals surface area (Å²) in [6, 6.07) is 6.93. The van der Waals surface area contributed by atoms with Crippen LogP contribution in [0.4, 0.5) is 32.0 Å². The zero-order valence-electron chi connectivity index (χ0n) is 18.6. The van der Waals surface area contributed by atoms with Crippen LogP contribution in [0.15, 0.2) is 59.4 Å². The number of hydrogen-bond acceptors (Lipinski definition) is 5. The van der Waals surface area contributed by atoms with Crippen LogP contribution in [-0.4, -0.2) is 25.8 Å². The largest absolute Gasteiger partial charge is 0.416 e. The molecule has 0 aliphatic carbocycles. The molecule has 13 heteroatoms. The third-order valence-corrected chi connectivity index (χ3v) is 5.28. The van der Waals surface area contributed by atoms with Gasteiger partial charge in [-0.1, -0.05) is 17.3 Å². The lowest BCUT2D eigenvalue weighted by atomic mass is 9.98. The molecule has 4 aromatic rings. The zero-order valence-corrected chi connectivity index (χ0v) is 18.6. The number of hydrogen-bond donors (Lipinski definition) is 1. The molecule has 1 N–H and O–H groups in total. The Morgan fingerprint density at radius 3 is 2.47 bits per heavy atom. The van der Waals surface area contributed by atoms with Crippen LogP contribution in [0.25, 0.3) is 11.5 Å². The quantitative estimate of drug-likeness (QED) is 0.327. The highest BCUT2D eigenvalue weighted by Crippen LogP contribution is 2.39. The number of carbonyl (C=O) groups is 1. The molecule has 0 fully saturated rings. The Morgan fingerprint density at radius 1 is 1.06 bits per heavy atom. The molecule has 0 aliphatic heterocycles. The Labute approximate surface area is 199 Å². The van der Waals surface area contributed by atoms with Gasteiger partial charge in [-0.3, -0.25) is 9.48 Å². The number of carbonyl (C=O) groups excluding carboxylic acids is 1. The molecule has 0 radical (unpaired) electrons. The SMILES string of the molecule is Cc1cccc(-c2cc(C(=O)Nc3cnn([C@H](C)c4ccc(C(F)(F)F)cc4C(F)(F)F)c3)no2)n1. The van der Waals surface area contributed by atoms with Crippen LogP contribution < -0.4 is 5.32 Å². The molecule has 0 unspecified atom stereocenters. The molecule has 7 nitrogen and oxygen atoms in total. The first-order chi connectivity index (χ1) is 16.8. The second kappa shape index (κ2) is 9.13. The van der Waals surface area contributed by atoms with Crippen LogP contribution in [0.3, 0.4) is 0 Å². The summed E-state index contributed by atoms with van der Waals surface area (Å²) in [4.78, 5) is 16.8. The van der Waals surface area contributed by atoms with Crippen molar-refractivity contribution in [3.63, 3.8) is 0 Å². The van der Waals surface area contributed by atoms with Crippen molar-refractivity contribution in [2.75, 3.05) is 5.32 Å². The van der Waals surface area contributed by atoms with Crippen LogP contribution in [0.1, 0.15) is 45.8 Å². The fraction of sp³-hybridized carbons (Fsp3) is 0.217. The average molecular weight is 509 g/mol. The highest BCUT2D eigenvalue weighted by molar-refractivity contribution is 6.03.